The summed E-state index contributed by atoms with van der Waals surface area (Å²) in [6.45, 7) is 2.97. The SMILES string of the molecule is CC(N)Cc1c(F)c(Br)cc2c1OCCCO2. The summed E-state index contributed by atoms with van der Waals surface area (Å²) >= 11 is 3.19. The molecule has 1 unspecified atom stereocenters. The summed E-state index contributed by atoms with van der Waals surface area (Å²) in [5, 5.41) is 0. The van der Waals surface area contributed by atoms with Crippen molar-refractivity contribution in [3.8, 4) is 11.5 Å². The molecule has 1 heterocycles. The van der Waals surface area contributed by atoms with Crippen molar-refractivity contribution in [3.05, 3.63) is 21.9 Å². The van der Waals surface area contributed by atoms with Crippen LogP contribution in [0.15, 0.2) is 10.5 Å². The van der Waals surface area contributed by atoms with Crippen LogP contribution in [0, 0.1) is 5.82 Å². The van der Waals surface area contributed by atoms with Gasteiger partial charge in [-0.1, -0.05) is 0 Å². The fourth-order valence-electron chi connectivity index (χ4n) is 1.82. The number of halogens is 2. The highest BCUT2D eigenvalue weighted by atomic mass is 79.9. The van der Waals surface area contributed by atoms with E-state index in [1.54, 1.807) is 6.07 Å². The Morgan fingerprint density at radius 2 is 2.18 bits per heavy atom. The van der Waals surface area contributed by atoms with Gasteiger partial charge in [-0.05, 0) is 29.3 Å². The van der Waals surface area contributed by atoms with E-state index in [2.05, 4.69) is 15.9 Å². The summed E-state index contributed by atoms with van der Waals surface area (Å²) in [7, 11) is 0. The van der Waals surface area contributed by atoms with E-state index in [-0.39, 0.29) is 11.9 Å². The molecule has 0 amide bonds. The van der Waals surface area contributed by atoms with Crippen LogP contribution in [0.2, 0.25) is 0 Å². The van der Waals surface area contributed by atoms with E-state index in [1.165, 1.54) is 0 Å². The molecule has 1 aliphatic heterocycles. The third-order valence-electron chi connectivity index (χ3n) is 2.55. The molecule has 1 aromatic rings. The zero-order chi connectivity index (χ0) is 12.4. The lowest BCUT2D eigenvalue weighted by Crippen LogP contribution is -2.19. The Morgan fingerprint density at radius 1 is 1.47 bits per heavy atom. The molecule has 17 heavy (non-hydrogen) atoms. The van der Waals surface area contributed by atoms with E-state index in [1.807, 2.05) is 6.92 Å². The van der Waals surface area contributed by atoms with Crippen LogP contribution in [-0.2, 0) is 6.42 Å². The third kappa shape index (κ3) is 2.72. The summed E-state index contributed by atoms with van der Waals surface area (Å²) in [6.07, 6.45) is 1.22. The highest BCUT2D eigenvalue weighted by molar-refractivity contribution is 9.10. The molecular formula is C12H15BrFNO2. The van der Waals surface area contributed by atoms with Crippen molar-refractivity contribution in [1.29, 1.82) is 0 Å². The number of nitrogens with two attached hydrogens (primary N) is 1. The second kappa shape index (κ2) is 5.23. The van der Waals surface area contributed by atoms with E-state index in [4.69, 9.17) is 15.2 Å². The molecule has 0 spiro atoms. The molecule has 0 saturated heterocycles. The lowest BCUT2D eigenvalue weighted by atomic mass is 10.1. The van der Waals surface area contributed by atoms with Crippen molar-refractivity contribution in [1.82, 2.24) is 0 Å². The van der Waals surface area contributed by atoms with Gasteiger partial charge >= 0.3 is 0 Å². The minimum Gasteiger partial charge on any atom is -0.490 e. The topological polar surface area (TPSA) is 44.5 Å². The number of benzene rings is 1. The Balaban J connectivity index is 2.49. The molecule has 0 aliphatic carbocycles. The molecule has 1 aliphatic rings. The first-order chi connectivity index (χ1) is 8.09. The van der Waals surface area contributed by atoms with Crippen LogP contribution >= 0.6 is 15.9 Å². The van der Waals surface area contributed by atoms with E-state index in [9.17, 15) is 4.39 Å². The van der Waals surface area contributed by atoms with Crippen LogP contribution < -0.4 is 15.2 Å². The maximum atomic E-state index is 14.0. The first kappa shape index (κ1) is 12.6. The molecule has 2 rings (SSSR count). The number of fused-ring (bicyclic) bond motifs is 1. The molecular weight excluding hydrogens is 289 g/mol. The fourth-order valence-corrected chi connectivity index (χ4v) is 2.27. The standard InChI is InChI=1S/C12H15BrFNO2/c1-7(15)5-8-11(14)9(13)6-10-12(8)17-4-2-3-16-10/h6-7H,2-5,15H2,1H3. The Hall–Kier alpha value is -0.810. The van der Waals surface area contributed by atoms with Gasteiger partial charge in [0, 0.05) is 24.1 Å². The second-order valence-corrected chi connectivity index (χ2v) is 5.06. The van der Waals surface area contributed by atoms with Gasteiger partial charge < -0.3 is 15.2 Å². The molecule has 0 aromatic heterocycles. The highest BCUT2D eigenvalue weighted by Gasteiger charge is 2.22. The Labute approximate surface area is 108 Å². The van der Waals surface area contributed by atoms with Gasteiger partial charge in [0.25, 0.3) is 0 Å². The maximum Gasteiger partial charge on any atom is 0.167 e. The second-order valence-electron chi connectivity index (χ2n) is 4.21. The van der Waals surface area contributed by atoms with Crippen molar-refractivity contribution in [2.75, 3.05) is 13.2 Å². The fraction of sp³-hybridized carbons (Fsp3) is 0.500. The van der Waals surface area contributed by atoms with Crippen molar-refractivity contribution in [2.45, 2.75) is 25.8 Å². The van der Waals surface area contributed by atoms with Gasteiger partial charge in [0.05, 0.1) is 17.7 Å². The van der Waals surface area contributed by atoms with Gasteiger partial charge in [-0.2, -0.15) is 0 Å². The quantitative estimate of drug-likeness (QED) is 0.913. The van der Waals surface area contributed by atoms with Crippen molar-refractivity contribution < 1.29 is 13.9 Å². The molecule has 2 N–H and O–H groups in total. The van der Waals surface area contributed by atoms with Crippen molar-refractivity contribution in [3.63, 3.8) is 0 Å². The van der Waals surface area contributed by atoms with Gasteiger partial charge in [0.2, 0.25) is 0 Å². The normalized spacial score (nSPS) is 16.5. The van der Waals surface area contributed by atoms with E-state index < -0.39 is 0 Å². The summed E-state index contributed by atoms with van der Waals surface area (Å²) in [6, 6.07) is 1.48. The van der Waals surface area contributed by atoms with E-state index >= 15 is 0 Å². The Morgan fingerprint density at radius 3 is 2.88 bits per heavy atom. The van der Waals surface area contributed by atoms with Gasteiger partial charge in [-0.3, -0.25) is 0 Å². The molecule has 3 nitrogen and oxygen atoms in total. The third-order valence-corrected chi connectivity index (χ3v) is 3.13. The van der Waals surface area contributed by atoms with Gasteiger partial charge in [0.15, 0.2) is 11.5 Å². The Kier molecular flexibility index (Phi) is 3.89. The highest BCUT2D eigenvalue weighted by Crippen LogP contribution is 2.39. The number of ether oxygens (including phenoxy) is 2. The number of hydrogen-bond acceptors (Lipinski definition) is 3. The van der Waals surface area contributed by atoms with Crippen LogP contribution in [0.5, 0.6) is 11.5 Å². The Bertz CT molecular complexity index is 423. The lowest BCUT2D eigenvalue weighted by molar-refractivity contribution is 0.295. The van der Waals surface area contributed by atoms with Crippen LogP contribution in [0.25, 0.3) is 0 Å². The lowest BCUT2D eigenvalue weighted by Gasteiger charge is -2.16. The van der Waals surface area contributed by atoms with Crippen LogP contribution in [0.1, 0.15) is 18.9 Å². The molecule has 0 saturated carbocycles. The monoisotopic (exact) mass is 303 g/mol. The predicted molar refractivity (Wildman–Crippen MR) is 67.1 cm³/mol. The number of hydrogen-bond donors (Lipinski definition) is 1. The molecule has 0 radical (unpaired) electrons. The maximum absolute atomic E-state index is 14.0. The first-order valence-corrected chi connectivity index (χ1v) is 6.41. The van der Waals surface area contributed by atoms with E-state index in [0.29, 0.717) is 41.2 Å². The summed E-state index contributed by atoms with van der Waals surface area (Å²) in [5.74, 6) is 0.776. The number of rotatable bonds is 2. The smallest absolute Gasteiger partial charge is 0.167 e. The minimum absolute atomic E-state index is 0.130. The van der Waals surface area contributed by atoms with E-state index in [0.717, 1.165) is 6.42 Å². The zero-order valence-electron chi connectivity index (χ0n) is 9.63. The molecule has 0 fully saturated rings. The predicted octanol–water partition coefficient (Wildman–Crippen LogP) is 2.64. The zero-order valence-corrected chi connectivity index (χ0v) is 11.2. The van der Waals surface area contributed by atoms with Gasteiger partial charge in [-0.25, -0.2) is 4.39 Å². The summed E-state index contributed by atoms with van der Waals surface area (Å²) in [5.41, 5.74) is 6.23. The van der Waals surface area contributed by atoms with Gasteiger partial charge in [0.1, 0.15) is 5.82 Å². The van der Waals surface area contributed by atoms with Crippen LogP contribution in [-0.4, -0.2) is 19.3 Å². The minimum atomic E-state index is -0.313. The molecule has 5 heteroatoms. The summed E-state index contributed by atoms with van der Waals surface area (Å²) < 4.78 is 25.5. The van der Waals surface area contributed by atoms with Crippen LogP contribution in [0.3, 0.4) is 0 Å². The molecule has 94 valence electrons. The average Bonchev–Trinajstić information content (AvgIpc) is 2.49. The molecule has 1 aromatic carbocycles. The van der Waals surface area contributed by atoms with Crippen molar-refractivity contribution in [2.24, 2.45) is 5.73 Å². The molecule has 1 atom stereocenters. The average molecular weight is 304 g/mol. The summed E-state index contributed by atoms with van der Waals surface area (Å²) in [4.78, 5) is 0. The largest absolute Gasteiger partial charge is 0.490 e. The first-order valence-electron chi connectivity index (χ1n) is 5.61. The van der Waals surface area contributed by atoms with Crippen LogP contribution in [0.4, 0.5) is 4.39 Å². The van der Waals surface area contributed by atoms with Gasteiger partial charge in [-0.15, -0.1) is 0 Å². The van der Waals surface area contributed by atoms with Crippen molar-refractivity contribution >= 4 is 15.9 Å². The molecule has 0 bridgehead atoms.